The van der Waals surface area contributed by atoms with Crippen molar-refractivity contribution in [2.24, 2.45) is 5.92 Å². The summed E-state index contributed by atoms with van der Waals surface area (Å²) in [6.45, 7) is 1.18. The Hall–Kier alpha value is -1.71. The van der Waals surface area contributed by atoms with Crippen LogP contribution in [0.3, 0.4) is 0 Å². The highest BCUT2D eigenvalue weighted by molar-refractivity contribution is 5.70. The zero-order chi connectivity index (χ0) is 14.7. The number of benzene rings is 1. The second-order valence-corrected chi connectivity index (χ2v) is 6.02. The second-order valence-electron chi connectivity index (χ2n) is 6.02. The molecule has 21 heavy (non-hydrogen) atoms. The van der Waals surface area contributed by atoms with Gasteiger partial charge in [0.2, 0.25) is 0 Å². The quantitative estimate of drug-likeness (QED) is 0.850. The van der Waals surface area contributed by atoms with Crippen molar-refractivity contribution >= 4 is 6.09 Å². The van der Waals surface area contributed by atoms with Crippen LogP contribution < -0.4 is 4.74 Å². The molecule has 0 radical (unpaired) electrons. The summed E-state index contributed by atoms with van der Waals surface area (Å²) in [6, 6.07) is 8.16. The fourth-order valence-electron chi connectivity index (χ4n) is 3.48. The van der Waals surface area contributed by atoms with E-state index in [0.29, 0.717) is 19.1 Å². The Bertz CT molecular complexity index is 479. The molecule has 1 aliphatic heterocycles. The van der Waals surface area contributed by atoms with Crippen LogP contribution in [0, 0.1) is 5.92 Å². The van der Waals surface area contributed by atoms with Gasteiger partial charge in [0.05, 0.1) is 13.2 Å². The first kappa shape index (κ1) is 14.2. The molecule has 1 heterocycles. The van der Waals surface area contributed by atoms with Crippen LogP contribution in [-0.2, 0) is 11.3 Å². The summed E-state index contributed by atoms with van der Waals surface area (Å²) >= 11 is 0. The van der Waals surface area contributed by atoms with Crippen LogP contribution in [0.15, 0.2) is 24.3 Å². The Balaban J connectivity index is 1.69. The number of nitrogens with zero attached hydrogens (tertiary/aromatic N) is 1. The molecule has 1 aromatic carbocycles. The van der Waals surface area contributed by atoms with E-state index in [1.54, 1.807) is 7.11 Å². The number of hydrogen-bond donors (Lipinski definition) is 0. The standard InChI is InChI=1S/C17H23NO3/c1-20-15-9-7-13(8-10-15)11-18-16(12-21-17(18)19)14-5-3-2-4-6-14/h7-10,14,16H,2-6,11-12H2,1H3/t16-/m0/s1. The highest BCUT2D eigenvalue weighted by Crippen LogP contribution is 2.32. The van der Waals surface area contributed by atoms with Gasteiger partial charge in [0.15, 0.2) is 0 Å². The zero-order valence-corrected chi connectivity index (χ0v) is 12.6. The lowest BCUT2D eigenvalue weighted by molar-refractivity contribution is 0.150. The van der Waals surface area contributed by atoms with Crippen molar-refractivity contribution in [2.75, 3.05) is 13.7 Å². The third-order valence-electron chi connectivity index (χ3n) is 4.72. The number of cyclic esters (lactones) is 1. The molecule has 2 fully saturated rings. The van der Waals surface area contributed by atoms with Crippen molar-refractivity contribution in [3.63, 3.8) is 0 Å². The normalized spacial score (nSPS) is 23.2. The van der Waals surface area contributed by atoms with Gasteiger partial charge in [0.25, 0.3) is 0 Å². The molecule has 1 amide bonds. The van der Waals surface area contributed by atoms with Gasteiger partial charge in [-0.05, 0) is 36.5 Å². The van der Waals surface area contributed by atoms with Gasteiger partial charge in [0.1, 0.15) is 12.4 Å². The van der Waals surface area contributed by atoms with Crippen LogP contribution in [0.2, 0.25) is 0 Å². The molecule has 1 atom stereocenters. The summed E-state index contributed by atoms with van der Waals surface area (Å²) in [6.07, 6.45) is 6.18. The van der Waals surface area contributed by atoms with Crippen molar-refractivity contribution in [1.29, 1.82) is 0 Å². The molecular weight excluding hydrogens is 266 g/mol. The van der Waals surface area contributed by atoms with Crippen LogP contribution in [0.5, 0.6) is 5.75 Å². The Morgan fingerprint density at radius 2 is 1.90 bits per heavy atom. The topological polar surface area (TPSA) is 38.8 Å². The monoisotopic (exact) mass is 289 g/mol. The van der Waals surface area contributed by atoms with Crippen molar-refractivity contribution in [1.82, 2.24) is 4.90 Å². The van der Waals surface area contributed by atoms with E-state index in [1.807, 2.05) is 29.2 Å². The minimum atomic E-state index is -0.165. The molecule has 114 valence electrons. The molecular formula is C17H23NO3. The summed E-state index contributed by atoms with van der Waals surface area (Å²) in [5, 5.41) is 0. The van der Waals surface area contributed by atoms with E-state index in [4.69, 9.17) is 9.47 Å². The first-order valence-corrected chi connectivity index (χ1v) is 7.84. The highest BCUT2D eigenvalue weighted by atomic mass is 16.6. The first-order chi connectivity index (χ1) is 10.3. The van der Waals surface area contributed by atoms with Gasteiger partial charge in [-0.25, -0.2) is 4.79 Å². The summed E-state index contributed by atoms with van der Waals surface area (Å²) in [5.74, 6) is 1.44. The number of ether oxygens (including phenoxy) is 2. The molecule has 0 unspecified atom stereocenters. The summed E-state index contributed by atoms with van der Waals surface area (Å²) in [4.78, 5) is 13.9. The fraction of sp³-hybridized carbons (Fsp3) is 0.588. The zero-order valence-electron chi connectivity index (χ0n) is 12.6. The average Bonchev–Trinajstić information content (AvgIpc) is 2.90. The predicted molar refractivity (Wildman–Crippen MR) is 80.2 cm³/mol. The van der Waals surface area contributed by atoms with Crippen molar-refractivity contribution in [3.8, 4) is 5.75 Å². The maximum atomic E-state index is 12.0. The summed E-state index contributed by atoms with van der Waals surface area (Å²) in [5.41, 5.74) is 1.12. The second kappa shape index (κ2) is 6.37. The maximum Gasteiger partial charge on any atom is 0.410 e. The Labute approximate surface area is 126 Å². The van der Waals surface area contributed by atoms with Crippen molar-refractivity contribution in [3.05, 3.63) is 29.8 Å². The van der Waals surface area contributed by atoms with Crippen LogP contribution in [0.25, 0.3) is 0 Å². The van der Waals surface area contributed by atoms with Crippen molar-refractivity contribution in [2.45, 2.75) is 44.7 Å². The highest BCUT2D eigenvalue weighted by Gasteiger charge is 2.38. The van der Waals surface area contributed by atoms with Gasteiger partial charge in [-0.15, -0.1) is 0 Å². The van der Waals surface area contributed by atoms with Gasteiger partial charge in [-0.3, -0.25) is 4.90 Å². The number of carbonyl (C=O) groups excluding carboxylic acids is 1. The van der Waals surface area contributed by atoms with E-state index in [9.17, 15) is 4.79 Å². The maximum absolute atomic E-state index is 12.0. The first-order valence-electron chi connectivity index (χ1n) is 7.84. The summed E-state index contributed by atoms with van der Waals surface area (Å²) in [7, 11) is 1.66. The minimum absolute atomic E-state index is 0.165. The van der Waals surface area contributed by atoms with Crippen LogP contribution in [-0.4, -0.2) is 30.8 Å². The molecule has 1 aromatic rings. The van der Waals surface area contributed by atoms with E-state index in [0.717, 1.165) is 11.3 Å². The molecule has 1 saturated heterocycles. The van der Waals surface area contributed by atoms with Gasteiger partial charge in [0, 0.05) is 6.54 Å². The Kier molecular flexibility index (Phi) is 4.32. The Morgan fingerprint density at radius 3 is 2.57 bits per heavy atom. The Morgan fingerprint density at radius 1 is 1.19 bits per heavy atom. The molecule has 0 aromatic heterocycles. The molecule has 0 N–H and O–H groups in total. The summed E-state index contributed by atoms with van der Waals surface area (Å²) < 4.78 is 10.5. The van der Waals surface area contributed by atoms with Crippen LogP contribution in [0.1, 0.15) is 37.7 Å². The van der Waals surface area contributed by atoms with Crippen LogP contribution >= 0.6 is 0 Å². The van der Waals surface area contributed by atoms with E-state index >= 15 is 0 Å². The molecule has 0 spiro atoms. The fourth-order valence-corrected chi connectivity index (χ4v) is 3.48. The molecule has 4 nitrogen and oxygen atoms in total. The number of rotatable bonds is 4. The molecule has 3 rings (SSSR count). The largest absolute Gasteiger partial charge is 0.497 e. The van der Waals surface area contributed by atoms with Crippen molar-refractivity contribution < 1.29 is 14.3 Å². The number of hydrogen-bond acceptors (Lipinski definition) is 3. The molecule has 1 aliphatic carbocycles. The predicted octanol–water partition coefficient (Wildman–Crippen LogP) is 3.60. The lowest BCUT2D eigenvalue weighted by Crippen LogP contribution is -2.39. The van der Waals surface area contributed by atoms with Gasteiger partial charge < -0.3 is 9.47 Å². The molecule has 2 aliphatic rings. The third kappa shape index (κ3) is 3.14. The van der Waals surface area contributed by atoms with Gasteiger partial charge in [-0.2, -0.15) is 0 Å². The average molecular weight is 289 g/mol. The van der Waals surface area contributed by atoms with Crippen LogP contribution in [0.4, 0.5) is 4.79 Å². The van der Waals surface area contributed by atoms with E-state index < -0.39 is 0 Å². The van der Waals surface area contributed by atoms with E-state index in [1.165, 1.54) is 32.1 Å². The minimum Gasteiger partial charge on any atom is -0.497 e. The van der Waals surface area contributed by atoms with E-state index in [-0.39, 0.29) is 12.1 Å². The lowest BCUT2D eigenvalue weighted by atomic mass is 9.84. The third-order valence-corrected chi connectivity index (χ3v) is 4.72. The lowest BCUT2D eigenvalue weighted by Gasteiger charge is -2.31. The SMILES string of the molecule is COc1ccc(CN2C(=O)OC[C@H]2C2CCCCC2)cc1. The molecule has 4 heteroatoms. The smallest absolute Gasteiger partial charge is 0.410 e. The molecule has 1 saturated carbocycles. The molecule has 0 bridgehead atoms. The number of carbonyl (C=O) groups is 1. The van der Waals surface area contributed by atoms with Gasteiger partial charge in [-0.1, -0.05) is 31.4 Å². The number of amides is 1. The van der Waals surface area contributed by atoms with Gasteiger partial charge >= 0.3 is 6.09 Å². The number of methoxy groups -OCH3 is 1. The van der Waals surface area contributed by atoms with E-state index in [2.05, 4.69) is 0 Å².